The van der Waals surface area contributed by atoms with Crippen LogP contribution in [0.25, 0.3) is 0 Å². The largest absolute Gasteiger partial charge is 0.353 e. The van der Waals surface area contributed by atoms with Gasteiger partial charge in [0.05, 0.1) is 6.54 Å². The van der Waals surface area contributed by atoms with Gasteiger partial charge < -0.3 is 19.7 Å². The lowest BCUT2D eigenvalue weighted by atomic mass is 9.96. The standard InChI is InChI=1S/C23H40N4O2/c1-5-7-16-26(17-21-14-11-15-25(21)4)22(28)18-27(19(3)6-2)23(29)24-20-12-9-8-10-13-20/h11,14-15,19-20H,5-10,12-13,16-18H2,1-4H3,(H,24,29). The van der Waals surface area contributed by atoms with Gasteiger partial charge in [-0.25, -0.2) is 4.79 Å². The van der Waals surface area contributed by atoms with E-state index < -0.39 is 0 Å². The Morgan fingerprint density at radius 2 is 1.97 bits per heavy atom. The summed E-state index contributed by atoms with van der Waals surface area (Å²) in [6.07, 6.45) is 10.5. The Balaban J connectivity index is 2.05. The molecule has 1 atom stereocenters. The van der Waals surface area contributed by atoms with Crippen LogP contribution in [0.4, 0.5) is 4.79 Å². The molecule has 1 N–H and O–H groups in total. The topological polar surface area (TPSA) is 57.6 Å². The minimum Gasteiger partial charge on any atom is -0.353 e. The summed E-state index contributed by atoms with van der Waals surface area (Å²) in [5, 5.41) is 3.19. The lowest BCUT2D eigenvalue weighted by Gasteiger charge is -2.33. The van der Waals surface area contributed by atoms with Crippen molar-refractivity contribution in [1.29, 1.82) is 0 Å². The molecule has 1 aliphatic carbocycles. The van der Waals surface area contributed by atoms with Crippen LogP contribution in [-0.2, 0) is 18.4 Å². The maximum absolute atomic E-state index is 13.2. The van der Waals surface area contributed by atoms with Crippen molar-refractivity contribution in [3.05, 3.63) is 24.0 Å². The number of nitrogens with zero attached hydrogens (tertiary/aromatic N) is 3. The van der Waals surface area contributed by atoms with Gasteiger partial charge in [0.2, 0.25) is 5.91 Å². The summed E-state index contributed by atoms with van der Waals surface area (Å²) >= 11 is 0. The van der Waals surface area contributed by atoms with Crippen molar-refractivity contribution >= 4 is 11.9 Å². The number of urea groups is 1. The van der Waals surface area contributed by atoms with Gasteiger partial charge in [-0.2, -0.15) is 0 Å². The highest BCUT2D eigenvalue weighted by Crippen LogP contribution is 2.18. The van der Waals surface area contributed by atoms with Crippen LogP contribution < -0.4 is 5.32 Å². The highest BCUT2D eigenvalue weighted by molar-refractivity contribution is 5.84. The Labute approximate surface area is 176 Å². The van der Waals surface area contributed by atoms with Gasteiger partial charge in [-0.15, -0.1) is 0 Å². The first-order valence-electron chi connectivity index (χ1n) is 11.4. The molecule has 29 heavy (non-hydrogen) atoms. The molecular formula is C23H40N4O2. The molecule has 3 amide bonds. The molecule has 0 radical (unpaired) electrons. The molecule has 6 nitrogen and oxygen atoms in total. The highest BCUT2D eigenvalue weighted by Gasteiger charge is 2.27. The van der Waals surface area contributed by atoms with E-state index in [0.717, 1.165) is 44.3 Å². The predicted molar refractivity (Wildman–Crippen MR) is 118 cm³/mol. The number of rotatable bonds is 10. The van der Waals surface area contributed by atoms with Gasteiger partial charge in [0.1, 0.15) is 6.54 Å². The zero-order valence-electron chi connectivity index (χ0n) is 18.8. The van der Waals surface area contributed by atoms with Crippen molar-refractivity contribution < 1.29 is 9.59 Å². The second kappa shape index (κ2) is 11.9. The van der Waals surface area contributed by atoms with Crippen molar-refractivity contribution in [2.75, 3.05) is 13.1 Å². The molecule has 6 heteroatoms. The lowest BCUT2D eigenvalue weighted by molar-refractivity contribution is -0.133. The Morgan fingerprint density at radius 3 is 2.55 bits per heavy atom. The average molecular weight is 405 g/mol. The number of amides is 3. The number of nitrogens with one attached hydrogen (secondary N) is 1. The van der Waals surface area contributed by atoms with Crippen LogP contribution in [0.2, 0.25) is 0 Å². The first-order chi connectivity index (χ1) is 14.0. The van der Waals surface area contributed by atoms with E-state index in [2.05, 4.69) is 29.8 Å². The van der Waals surface area contributed by atoms with E-state index in [0.29, 0.717) is 6.54 Å². The van der Waals surface area contributed by atoms with E-state index in [1.54, 1.807) is 4.90 Å². The van der Waals surface area contributed by atoms with E-state index in [1.807, 2.05) is 31.1 Å². The van der Waals surface area contributed by atoms with Crippen LogP contribution in [-0.4, -0.2) is 51.5 Å². The average Bonchev–Trinajstić information content (AvgIpc) is 3.13. The van der Waals surface area contributed by atoms with Gasteiger partial charge in [0.25, 0.3) is 0 Å². The van der Waals surface area contributed by atoms with Gasteiger partial charge >= 0.3 is 6.03 Å². The first-order valence-corrected chi connectivity index (χ1v) is 11.4. The molecule has 0 bridgehead atoms. The fourth-order valence-electron chi connectivity index (χ4n) is 3.90. The quantitative estimate of drug-likeness (QED) is 0.632. The maximum atomic E-state index is 13.2. The summed E-state index contributed by atoms with van der Waals surface area (Å²) < 4.78 is 2.05. The van der Waals surface area contributed by atoms with Crippen LogP contribution in [0.15, 0.2) is 18.3 Å². The summed E-state index contributed by atoms with van der Waals surface area (Å²) in [6.45, 7) is 7.67. The minimum absolute atomic E-state index is 0.0266. The van der Waals surface area contributed by atoms with Crippen LogP contribution >= 0.6 is 0 Å². The predicted octanol–water partition coefficient (Wildman–Crippen LogP) is 4.30. The molecule has 164 valence electrons. The first kappa shape index (κ1) is 23.3. The van der Waals surface area contributed by atoms with Gasteiger partial charge in [0.15, 0.2) is 0 Å². The monoisotopic (exact) mass is 404 g/mol. The molecule has 1 unspecified atom stereocenters. The Morgan fingerprint density at radius 1 is 1.24 bits per heavy atom. The molecule has 0 spiro atoms. The highest BCUT2D eigenvalue weighted by atomic mass is 16.2. The molecule has 1 aromatic heterocycles. The van der Waals surface area contributed by atoms with Crippen molar-refractivity contribution in [1.82, 2.24) is 19.7 Å². The number of hydrogen-bond acceptors (Lipinski definition) is 2. The van der Waals surface area contributed by atoms with Crippen LogP contribution in [0.1, 0.15) is 77.8 Å². The molecule has 1 heterocycles. The minimum atomic E-state index is -0.0890. The summed E-state index contributed by atoms with van der Waals surface area (Å²) in [6, 6.07) is 4.24. The van der Waals surface area contributed by atoms with Crippen LogP contribution in [0.5, 0.6) is 0 Å². The van der Waals surface area contributed by atoms with E-state index >= 15 is 0 Å². The molecule has 1 aliphatic rings. The summed E-state index contributed by atoms with van der Waals surface area (Å²) in [4.78, 5) is 29.8. The fourth-order valence-corrected chi connectivity index (χ4v) is 3.90. The number of aryl methyl sites for hydroxylation is 1. The lowest BCUT2D eigenvalue weighted by Crippen LogP contribution is -2.52. The van der Waals surface area contributed by atoms with Crippen molar-refractivity contribution in [3.8, 4) is 0 Å². The van der Waals surface area contributed by atoms with E-state index in [-0.39, 0.29) is 30.6 Å². The molecule has 1 fully saturated rings. The number of carbonyl (C=O) groups is 2. The second-order valence-corrected chi connectivity index (χ2v) is 8.45. The summed E-state index contributed by atoms with van der Waals surface area (Å²) in [7, 11) is 2.00. The molecule has 2 rings (SSSR count). The van der Waals surface area contributed by atoms with Crippen LogP contribution in [0, 0.1) is 0 Å². The summed E-state index contributed by atoms with van der Waals surface area (Å²) in [5.41, 5.74) is 1.11. The summed E-state index contributed by atoms with van der Waals surface area (Å²) in [5.74, 6) is 0.0266. The Kier molecular flexibility index (Phi) is 9.55. The third kappa shape index (κ3) is 7.09. The maximum Gasteiger partial charge on any atom is 0.318 e. The van der Waals surface area contributed by atoms with E-state index in [9.17, 15) is 9.59 Å². The van der Waals surface area contributed by atoms with Gasteiger partial charge in [-0.3, -0.25) is 4.79 Å². The normalized spacial score (nSPS) is 15.7. The third-order valence-electron chi connectivity index (χ3n) is 6.16. The van der Waals surface area contributed by atoms with E-state index in [1.165, 1.54) is 19.3 Å². The van der Waals surface area contributed by atoms with E-state index in [4.69, 9.17) is 0 Å². The number of unbranched alkanes of at least 4 members (excludes halogenated alkanes) is 1. The van der Waals surface area contributed by atoms with Crippen molar-refractivity contribution in [2.45, 2.75) is 90.8 Å². The fraction of sp³-hybridized carbons (Fsp3) is 0.739. The second-order valence-electron chi connectivity index (χ2n) is 8.45. The zero-order valence-corrected chi connectivity index (χ0v) is 18.8. The molecule has 1 aromatic rings. The van der Waals surface area contributed by atoms with Gasteiger partial charge in [0, 0.05) is 37.6 Å². The smallest absolute Gasteiger partial charge is 0.318 e. The molecule has 0 saturated heterocycles. The molecule has 0 aliphatic heterocycles. The number of hydrogen-bond donors (Lipinski definition) is 1. The Hall–Kier alpha value is -1.98. The van der Waals surface area contributed by atoms with Crippen LogP contribution in [0.3, 0.4) is 0 Å². The van der Waals surface area contributed by atoms with Gasteiger partial charge in [-0.1, -0.05) is 39.5 Å². The molecule has 1 saturated carbocycles. The molecule has 0 aromatic carbocycles. The number of aromatic nitrogens is 1. The molecular weight excluding hydrogens is 364 g/mol. The Bertz CT molecular complexity index is 637. The number of carbonyl (C=O) groups excluding carboxylic acids is 2. The van der Waals surface area contributed by atoms with Crippen molar-refractivity contribution in [2.24, 2.45) is 7.05 Å². The SMILES string of the molecule is CCCCN(Cc1cccn1C)C(=O)CN(C(=O)NC1CCCCC1)C(C)CC. The van der Waals surface area contributed by atoms with Gasteiger partial charge in [-0.05, 0) is 44.7 Å². The van der Waals surface area contributed by atoms with Crippen molar-refractivity contribution in [3.63, 3.8) is 0 Å². The zero-order chi connectivity index (χ0) is 21.2. The third-order valence-corrected chi connectivity index (χ3v) is 6.16.